The largest absolute Gasteiger partial charge is 0.497 e. The third-order valence-electron chi connectivity index (χ3n) is 5.02. The maximum absolute atomic E-state index is 12.5. The minimum Gasteiger partial charge on any atom is -0.497 e. The van der Waals surface area contributed by atoms with Gasteiger partial charge in [-0.1, -0.05) is 13.8 Å². The molecule has 2 rings (SSSR count). The van der Waals surface area contributed by atoms with Gasteiger partial charge in [-0.05, 0) is 38.2 Å². The summed E-state index contributed by atoms with van der Waals surface area (Å²) in [6, 6.07) is 5.31. The van der Waals surface area contributed by atoms with Crippen LogP contribution in [0.1, 0.15) is 26.7 Å². The minimum atomic E-state index is -0.335. The molecule has 7 nitrogen and oxygen atoms in total. The molecule has 2 amide bonds. The molecule has 150 valence electrons. The van der Waals surface area contributed by atoms with Gasteiger partial charge >= 0.3 is 0 Å². The van der Waals surface area contributed by atoms with Crippen molar-refractivity contribution < 1.29 is 19.1 Å². The van der Waals surface area contributed by atoms with Crippen LogP contribution in [-0.4, -0.2) is 63.7 Å². The molecule has 7 heteroatoms. The summed E-state index contributed by atoms with van der Waals surface area (Å²) in [5, 5.41) is 2.97. The van der Waals surface area contributed by atoms with Crippen LogP contribution in [0, 0.1) is 5.92 Å². The molecule has 0 bridgehead atoms. The number of hydrogen-bond donors (Lipinski definition) is 1. The van der Waals surface area contributed by atoms with E-state index in [-0.39, 0.29) is 24.2 Å². The molecule has 1 aliphatic rings. The average Bonchev–Trinajstić information content (AvgIpc) is 3.08. The molecule has 1 fully saturated rings. The molecule has 1 aromatic rings. The van der Waals surface area contributed by atoms with Crippen molar-refractivity contribution in [3.63, 3.8) is 0 Å². The Kier molecular flexibility index (Phi) is 7.91. The number of methoxy groups -OCH3 is 2. The average molecular weight is 377 g/mol. The van der Waals surface area contributed by atoms with Crippen molar-refractivity contribution in [2.45, 2.75) is 26.7 Å². The summed E-state index contributed by atoms with van der Waals surface area (Å²) < 4.78 is 10.6. The van der Waals surface area contributed by atoms with E-state index in [0.717, 1.165) is 26.1 Å². The highest BCUT2D eigenvalue weighted by molar-refractivity contribution is 6.01. The summed E-state index contributed by atoms with van der Waals surface area (Å²) in [4.78, 5) is 28.9. The van der Waals surface area contributed by atoms with Gasteiger partial charge in [-0.2, -0.15) is 0 Å². The lowest BCUT2D eigenvalue weighted by Gasteiger charge is -2.20. The van der Waals surface area contributed by atoms with Crippen LogP contribution in [-0.2, 0) is 9.59 Å². The summed E-state index contributed by atoms with van der Waals surface area (Å²) in [6.07, 6.45) is 1.13. The quantitative estimate of drug-likeness (QED) is 0.631. The van der Waals surface area contributed by atoms with Gasteiger partial charge in [0, 0.05) is 25.6 Å². The number of rotatable bonds is 10. The summed E-state index contributed by atoms with van der Waals surface area (Å²) in [6.45, 7) is 8.25. The number of carbonyl (C=O) groups is 2. The Morgan fingerprint density at radius 1 is 1.26 bits per heavy atom. The van der Waals surface area contributed by atoms with E-state index in [4.69, 9.17) is 9.47 Å². The van der Waals surface area contributed by atoms with Gasteiger partial charge in [0.1, 0.15) is 11.5 Å². The van der Waals surface area contributed by atoms with Crippen molar-refractivity contribution in [2.24, 2.45) is 5.92 Å². The van der Waals surface area contributed by atoms with Crippen LogP contribution >= 0.6 is 0 Å². The van der Waals surface area contributed by atoms with E-state index in [1.165, 1.54) is 0 Å². The molecule has 1 heterocycles. The number of anilines is 1. The molecule has 0 saturated carbocycles. The van der Waals surface area contributed by atoms with Crippen molar-refractivity contribution in [3.05, 3.63) is 18.2 Å². The number of nitrogens with one attached hydrogen (secondary N) is 1. The van der Waals surface area contributed by atoms with E-state index < -0.39 is 0 Å². The lowest BCUT2D eigenvalue weighted by Crippen LogP contribution is -2.35. The first-order valence-electron chi connectivity index (χ1n) is 9.56. The Balaban J connectivity index is 1.92. The fourth-order valence-corrected chi connectivity index (χ4v) is 3.32. The number of amides is 2. The number of benzene rings is 1. The molecule has 0 aromatic heterocycles. The summed E-state index contributed by atoms with van der Waals surface area (Å²) in [5.41, 5.74) is 0.667. The van der Waals surface area contributed by atoms with Crippen molar-refractivity contribution in [3.8, 4) is 11.5 Å². The van der Waals surface area contributed by atoms with Gasteiger partial charge in [0.05, 0.1) is 25.8 Å². The first-order chi connectivity index (χ1) is 13.0. The number of nitrogens with zero attached hydrogens (tertiary/aromatic N) is 2. The Morgan fingerprint density at radius 2 is 2.00 bits per heavy atom. The van der Waals surface area contributed by atoms with Gasteiger partial charge in [0.25, 0.3) is 0 Å². The maximum Gasteiger partial charge on any atom is 0.227 e. The Hall–Kier alpha value is -2.28. The Labute approximate surface area is 161 Å². The Morgan fingerprint density at radius 3 is 2.63 bits per heavy atom. The molecule has 1 saturated heterocycles. The number of ether oxygens (including phenoxy) is 2. The molecular weight excluding hydrogens is 346 g/mol. The van der Waals surface area contributed by atoms with Gasteiger partial charge in [-0.25, -0.2) is 0 Å². The summed E-state index contributed by atoms with van der Waals surface area (Å²) >= 11 is 0. The second-order valence-electron chi connectivity index (χ2n) is 6.61. The highest BCUT2D eigenvalue weighted by Gasteiger charge is 2.36. The van der Waals surface area contributed by atoms with Crippen LogP contribution in [0.3, 0.4) is 0 Å². The molecule has 0 radical (unpaired) electrons. The van der Waals surface area contributed by atoms with Crippen molar-refractivity contribution in [1.82, 2.24) is 10.2 Å². The molecule has 0 aliphatic carbocycles. The standard InChI is InChI=1S/C20H31N3O4/c1-5-22(6-2)11-7-10-21-20(25)15-12-19(24)23(14-15)17-9-8-16(26-3)13-18(17)27-4/h8-9,13,15H,5-7,10-12,14H2,1-4H3,(H,21,25)/t15-/m1/s1. The van der Waals surface area contributed by atoms with Crippen molar-refractivity contribution in [1.29, 1.82) is 0 Å². The SMILES string of the molecule is CCN(CC)CCCNC(=O)[C@@H]1CC(=O)N(c2ccc(OC)cc2OC)C1. The number of hydrogen-bond acceptors (Lipinski definition) is 5. The highest BCUT2D eigenvalue weighted by atomic mass is 16.5. The third kappa shape index (κ3) is 5.35. The molecule has 1 atom stereocenters. The van der Waals surface area contributed by atoms with Crippen molar-refractivity contribution in [2.75, 3.05) is 51.8 Å². The molecule has 0 spiro atoms. The van der Waals surface area contributed by atoms with Crippen LogP contribution < -0.4 is 19.7 Å². The first-order valence-corrected chi connectivity index (χ1v) is 9.56. The van der Waals surface area contributed by atoms with E-state index in [0.29, 0.717) is 30.3 Å². The van der Waals surface area contributed by atoms with Crippen LogP contribution in [0.15, 0.2) is 18.2 Å². The predicted octanol–water partition coefficient (Wildman–Crippen LogP) is 1.90. The summed E-state index contributed by atoms with van der Waals surface area (Å²) in [7, 11) is 3.13. The van der Waals surface area contributed by atoms with E-state index in [1.54, 1.807) is 37.3 Å². The molecule has 1 N–H and O–H groups in total. The maximum atomic E-state index is 12.5. The minimum absolute atomic E-state index is 0.0575. The second-order valence-corrected chi connectivity index (χ2v) is 6.61. The van der Waals surface area contributed by atoms with E-state index in [2.05, 4.69) is 24.1 Å². The second kappa shape index (κ2) is 10.2. The zero-order valence-electron chi connectivity index (χ0n) is 16.8. The van der Waals surface area contributed by atoms with Crippen LogP contribution in [0.25, 0.3) is 0 Å². The topological polar surface area (TPSA) is 71.1 Å². The fourth-order valence-electron chi connectivity index (χ4n) is 3.32. The third-order valence-corrected chi connectivity index (χ3v) is 5.02. The normalized spacial score (nSPS) is 16.7. The molecular formula is C20H31N3O4. The van der Waals surface area contributed by atoms with Gasteiger partial charge in [-0.3, -0.25) is 9.59 Å². The lowest BCUT2D eigenvalue weighted by molar-refractivity contribution is -0.126. The van der Waals surface area contributed by atoms with Gasteiger partial charge in [0.15, 0.2) is 0 Å². The van der Waals surface area contributed by atoms with E-state index in [1.807, 2.05) is 0 Å². The number of carbonyl (C=O) groups excluding carboxylic acids is 2. The zero-order valence-corrected chi connectivity index (χ0v) is 16.8. The fraction of sp³-hybridized carbons (Fsp3) is 0.600. The zero-order chi connectivity index (χ0) is 19.8. The first kappa shape index (κ1) is 21.0. The van der Waals surface area contributed by atoms with Gasteiger partial charge < -0.3 is 24.6 Å². The molecule has 0 unspecified atom stereocenters. The molecule has 1 aliphatic heterocycles. The van der Waals surface area contributed by atoms with E-state index in [9.17, 15) is 9.59 Å². The Bertz CT molecular complexity index is 646. The van der Waals surface area contributed by atoms with E-state index >= 15 is 0 Å². The summed E-state index contributed by atoms with van der Waals surface area (Å²) in [5.74, 6) is 0.755. The smallest absolute Gasteiger partial charge is 0.227 e. The van der Waals surface area contributed by atoms with Crippen LogP contribution in [0.4, 0.5) is 5.69 Å². The monoisotopic (exact) mass is 377 g/mol. The highest BCUT2D eigenvalue weighted by Crippen LogP contribution is 2.35. The predicted molar refractivity (Wildman–Crippen MR) is 105 cm³/mol. The molecule has 27 heavy (non-hydrogen) atoms. The van der Waals surface area contributed by atoms with Gasteiger partial charge in [0.2, 0.25) is 11.8 Å². The van der Waals surface area contributed by atoms with Gasteiger partial charge in [-0.15, -0.1) is 0 Å². The van der Waals surface area contributed by atoms with Crippen molar-refractivity contribution >= 4 is 17.5 Å². The lowest BCUT2D eigenvalue weighted by atomic mass is 10.1. The molecule has 1 aromatic carbocycles. The van der Waals surface area contributed by atoms with Crippen LogP contribution in [0.5, 0.6) is 11.5 Å². The van der Waals surface area contributed by atoms with Crippen LogP contribution in [0.2, 0.25) is 0 Å².